The highest BCUT2D eigenvalue weighted by atomic mass is 32.1. The molecule has 2 aromatic rings. The molecule has 2 N–H and O–H groups in total. The highest BCUT2D eigenvalue weighted by Crippen LogP contribution is 2.19. The Morgan fingerprint density at radius 2 is 2.38 bits per heavy atom. The zero-order valence-electron chi connectivity index (χ0n) is 14.3. The van der Waals surface area contributed by atoms with Gasteiger partial charge in [-0.05, 0) is 37.3 Å². The molecule has 0 aromatic carbocycles. The molecule has 1 aliphatic carbocycles. The molecule has 1 aliphatic heterocycles. The molecule has 1 fully saturated rings. The quantitative estimate of drug-likeness (QED) is 0.825. The second-order valence-corrected chi connectivity index (χ2v) is 7.36. The van der Waals surface area contributed by atoms with E-state index >= 15 is 0 Å². The van der Waals surface area contributed by atoms with Crippen LogP contribution in [-0.2, 0) is 28.9 Å². The van der Waals surface area contributed by atoms with Crippen LogP contribution in [0.25, 0.3) is 0 Å². The van der Waals surface area contributed by atoms with Crippen LogP contribution in [0.2, 0.25) is 0 Å². The molecule has 0 saturated carbocycles. The van der Waals surface area contributed by atoms with E-state index in [4.69, 9.17) is 9.47 Å². The first-order valence-electron chi connectivity index (χ1n) is 8.83. The zero-order chi connectivity index (χ0) is 17.9. The standard InChI is InChI=1S/C18H21N3O4S/c22-17-13(6-11-2-1-3-14(11)20-17)18(23)21-15-8-24-5-4-16(15)25-7-12-9-26-10-19-12/h6,9-10,15-16H,1-5,7-8H2,(H,20,22)(H,21,23)/t15-,16+/m1/s1. The van der Waals surface area contributed by atoms with E-state index in [1.54, 1.807) is 11.6 Å². The summed E-state index contributed by atoms with van der Waals surface area (Å²) in [5, 5.41) is 4.86. The lowest BCUT2D eigenvalue weighted by molar-refractivity contribution is -0.0611. The van der Waals surface area contributed by atoms with Crippen molar-refractivity contribution in [3.63, 3.8) is 0 Å². The molecule has 0 radical (unpaired) electrons. The molecule has 8 heteroatoms. The van der Waals surface area contributed by atoms with Gasteiger partial charge < -0.3 is 19.8 Å². The predicted octanol–water partition coefficient (Wildman–Crippen LogP) is 1.42. The minimum absolute atomic E-state index is 0.162. The van der Waals surface area contributed by atoms with Crippen LogP contribution in [-0.4, -0.2) is 41.2 Å². The first kappa shape index (κ1) is 17.4. The third kappa shape index (κ3) is 3.72. The molecule has 1 amide bonds. The second-order valence-electron chi connectivity index (χ2n) is 6.64. The summed E-state index contributed by atoms with van der Waals surface area (Å²) in [7, 11) is 0. The highest BCUT2D eigenvalue weighted by Gasteiger charge is 2.29. The maximum Gasteiger partial charge on any atom is 0.261 e. The van der Waals surface area contributed by atoms with E-state index in [9.17, 15) is 9.59 Å². The number of aryl methyl sites for hydroxylation is 2. The molecule has 2 aromatic heterocycles. The van der Waals surface area contributed by atoms with Gasteiger partial charge in [0.05, 0.1) is 36.6 Å². The molecule has 0 unspecified atom stereocenters. The van der Waals surface area contributed by atoms with Gasteiger partial charge in [0.2, 0.25) is 0 Å². The first-order valence-corrected chi connectivity index (χ1v) is 9.77. The second kappa shape index (κ2) is 7.69. The third-order valence-electron chi connectivity index (χ3n) is 4.87. The molecule has 138 valence electrons. The van der Waals surface area contributed by atoms with Crippen LogP contribution in [0.15, 0.2) is 21.8 Å². The van der Waals surface area contributed by atoms with Gasteiger partial charge in [0.25, 0.3) is 11.5 Å². The van der Waals surface area contributed by atoms with Gasteiger partial charge in [0, 0.05) is 17.7 Å². The summed E-state index contributed by atoms with van der Waals surface area (Å²) in [5.41, 5.74) is 4.49. The van der Waals surface area contributed by atoms with Crippen LogP contribution < -0.4 is 10.9 Å². The topological polar surface area (TPSA) is 93.3 Å². The number of H-pyrrole nitrogens is 1. The number of thiazole rings is 1. The molecule has 26 heavy (non-hydrogen) atoms. The largest absolute Gasteiger partial charge is 0.379 e. The number of aromatic amines is 1. The van der Waals surface area contributed by atoms with Crippen LogP contribution in [0.5, 0.6) is 0 Å². The van der Waals surface area contributed by atoms with E-state index in [-0.39, 0.29) is 29.2 Å². The van der Waals surface area contributed by atoms with Gasteiger partial charge in [-0.15, -0.1) is 11.3 Å². The van der Waals surface area contributed by atoms with E-state index in [1.807, 2.05) is 5.38 Å². The smallest absolute Gasteiger partial charge is 0.261 e. The fraction of sp³-hybridized carbons (Fsp3) is 0.500. The average Bonchev–Trinajstić information content (AvgIpc) is 3.31. The molecule has 0 bridgehead atoms. The van der Waals surface area contributed by atoms with Crippen molar-refractivity contribution in [3.05, 3.63) is 49.8 Å². The van der Waals surface area contributed by atoms with Crippen molar-refractivity contribution in [3.8, 4) is 0 Å². The Hall–Kier alpha value is -2.03. The number of hydrogen-bond donors (Lipinski definition) is 2. The van der Waals surface area contributed by atoms with Crippen molar-refractivity contribution in [2.45, 2.75) is 44.4 Å². The minimum Gasteiger partial charge on any atom is -0.379 e. The Kier molecular flexibility index (Phi) is 5.14. The molecule has 2 atom stereocenters. The van der Waals surface area contributed by atoms with Crippen LogP contribution in [0.4, 0.5) is 0 Å². The molecule has 3 heterocycles. The summed E-state index contributed by atoms with van der Waals surface area (Å²) in [6.07, 6.45) is 3.31. The molecule has 0 spiro atoms. The number of fused-ring (bicyclic) bond motifs is 1. The summed E-state index contributed by atoms with van der Waals surface area (Å²) in [6, 6.07) is 1.44. The van der Waals surface area contributed by atoms with Crippen molar-refractivity contribution in [1.82, 2.24) is 15.3 Å². The third-order valence-corrected chi connectivity index (χ3v) is 5.51. The van der Waals surface area contributed by atoms with Gasteiger partial charge in [-0.2, -0.15) is 0 Å². The van der Waals surface area contributed by atoms with E-state index in [1.165, 1.54) is 11.3 Å². The number of pyridine rings is 1. The van der Waals surface area contributed by atoms with Gasteiger partial charge in [0.15, 0.2) is 0 Å². The molecular formula is C18H21N3O4S. The van der Waals surface area contributed by atoms with E-state index in [0.29, 0.717) is 26.2 Å². The summed E-state index contributed by atoms with van der Waals surface area (Å²) < 4.78 is 11.4. The van der Waals surface area contributed by atoms with Gasteiger partial charge in [0.1, 0.15) is 5.56 Å². The molecule has 2 aliphatic rings. The number of nitrogens with zero attached hydrogens (tertiary/aromatic N) is 1. The lowest BCUT2D eigenvalue weighted by Gasteiger charge is -2.31. The monoisotopic (exact) mass is 375 g/mol. The summed E-state index contributed by atoms with van der Waals surface area (Å²) in [6.45, 7) is 1.36. The van der Waals surface area contributed by atoms with Crippen LogP contribution in [0.3, 0.4) is 0 Å². The lowest BCUT2D eigenvalue weighted by Crippen LogP contribution is -2.51. The fourth-order valence-corrected chi connectivity index (χ4v) is 4.02. The maximum absolute atomic E-state index is 12.7. The van der Waals surface area contributed by atoms with Crippen molar-refractivity contribution < 1.29 is 14.3 Å². The van der Waals surface area contributed by atoms with Crippen molar-refractivity contribution in [2.75, 3.05) is 13.2 Å². The maximum atomic E-state index is 12.7. The Labute approximate surface area is 154 Å². The highest BCUT2D eigenvalue weighted by molar-refractivity contribution is 7.07. The van der Waals surface area contributed by atoms with Gasteiger partial charge in [-0.1, -0.05) is 0 Å². The summed E-state index contributed by atoms with van der Waals surface area (Å²) in [5.74, 6) is -0.376. The van der Waals surface area contributed by atoms with E-state index in [2.05, 4.69) is 15.3 Å². The minimum atomic E-state index is -0.376. The zero-order valence-corrected chi connectivity index (χ0v) is 15.1. The fourth-order valence-electron chi connectivity index (χ4n) is 3.48. The van der Waals surface area contributed by atoms with Crippen molar-refractivity contribution >= 4 is 17.2 Å². The molecular weight excluding hydrogens is 354 g/mol. The summed E-state index contributed by atoms with van der Waals surface area (Å²) >= 11 is 1.52. The van der Waals surface area contributed by atoms with Gasteiger partial charge >= 0.3 is 0 Å². The number of carbonyl (C=O) groups excluding carboxylic acids is 1. The van der Waals surface area contributed by atoms with Crippen molar-refractivity contribution in [2.24, 2.45) is 0 Å². The van der Waals surface area contributed by atoms with Gasteiger partial charge in [-0.25, -0.2) is 4.98 Å². The van der Waals surface area contributed by atoms with Crippen LogP contribution in [0, 0.1) is 0 Å². The average molecular weight is 375 g/mol. The van der Waals surface area contributed by atoms with E-state index < -0.39 is 0 Å². The Balaban J connectivity index is 1.44. The Bertz CT molecular complexity index is 833. The molecule has 7 nitrogen and oxygen atoms in total. The Morgan fingerprint density at radius 3 is 3.23 bits per heavy atom. The predicted molar refractivity (Wildman–Crippen MR) is 96.5 cm³/mol. The first-order chi connectivity index (χ1) is 12.7. The normalized spacial score (nSPS) is 22.2. The van der Waals surface area contributed by atoms with Crippen LogP contribution >= 0.6 is 11.3 Å². The lowest BCUT2D eigenvalue weighted by atomic mass is 10.1. The molecule has 1 saturated heterocycles. The van der Waals surface area contributed by atoms with Gasteiger partial charge in [-0.3, -0.25) is 9.59 Å². The summed E-state index contributed by atoms with van der Waals surface area (Å²) in [4.78, 5) is 31.9. The number of aromatic nitrogens is 2. The number of carbonyl (C=O) groups is 1. The number of rotatable bonds is 5. The number of ether oxygens (including phenoxy) is 2. The van der Waals surface area contributed by atoms with E-state index in [0.717, 1.165) is 36.2 Å². The number of hydrogen-bond acceptors (Lipinski definition) is 6. The molecule has 4 rings (SSSR count). The Morgan fingerprint density at radius 1 is 1.46 bits per heavy atom. The number of nitrogens with one attached hydrogen (secondary N) is 2. The SMILES string of the molecule is O=C(N[C@@H]1COCC[C@@H]1OCc1cscn1)c1cc2c([nH]c1=O)CCC2. The van der Waals surface area contributed by atoms with Crippen LogP contribution in [0.1, 0.15) is 40.2 Å². The number of amides is 1. The van der Waals surface area contributed by atoms with Crippen molar-refractivity contribution in [1.29, 1.82) is 0 Å².